The fraction of sp³-hybridized carbons (Fsp3) is 0.105. The van der Waals surface area contributed by atoms with Gasteiger partial charge in [-0.1, -0.05) is 11.6 Å². The van der Waals surface area contributed by atoms with Crippen LogP contribution in [0.4, 0.5) is 5.69 Å². The van der Waals surface area contributed by atoms with Gasteiger partial charge in [0.15, 0.2) is 0 Å². The number of aryl methyl sites for hydroxylation is 2. The molecule has 4 aromatic rings. The average Bonchev–Trinajstić information content (AvgIpc) is 3.12. The van der Waals surface area contributed by atoms with Crippen LogP contribution in [0.5, 0.6) is 0 Å². The van der Waals surface area contributed by atoms with Crippen LogP contribution in [0.2, 0.25) is 5.02 Å². The molecular weight excluding hydrogens is 352 g/mol. The number of aromatic nitrogens is 3. The summed E-state index contributed by atoms with van der Waals surface area (Å²) in [7, 11) is 1.68. The third-order valence-electron chi connectivity index (χ3n) is 4.41. The summed E-state index contributed by atoms with van der Waals surface area (Å²) in [6, 6.07) is 12.2. The monoisotopic (exact) mass is 366 g/mol. The Morgan fingerprint density at radius 2 is 1.88 bits per heavy atom. The van der Waals surface area contributed by atoms with E-state index in [1.807, 2.05) is 13.0 Å². The highest BCUT2D eigenvalue weighted by molar-refractivity contribution is 6.31. The molecule has 1 amide bonds. The van der Waals surface area contributed by atoms with E-state index in [0.717, 1.165) is 11.1 Å². The Bertz CT molecular complexity index is 1240. The van der Waals surface area contributed by atoms with Crippen molar-refractivity contribution in [2.45, 2.75) is 6.92 Å². The van der Waals surface area contributed by atoms with Crippen molar-refractivity contribution in [2.24, 2.45) is 7.05 Å². The second-order valence-electron chi connectivity index (χ2n) is 6.11. The van der Waals surface area contributed by atoms with E-state index in [1.54, 1.807) is 54.2 Å². The topological polar surface area (TPSA) is 68.4 Å². The predicted octanol–water partition coefficient (Wildman–Crippen LogP) is 3.40. The molecule has 0 aliphatic carbocycles. The number of halogens is 1. The summed E-state index contributed by atoms with van der Waals surface area (Å²) in [5.74, 6) is -0.262. The lowest BCUT2D eigenvalue weighted by molar-refractivity contribution is 0.102. The average molecular weight is 367 g/mol. The number of hydrogen-bond donors (Lipinski definition) is 1. The Labute approximate surface area is 153 Å². The van der Waals surface area contributed by atoms with Gasteiger partial charge in [-0.25, -0.2) is 4.52 Å². The Kier molecular flexibility index (Phi) is 3.77. The first-order valence-electron chi connectivity index (χ1n) is 8.00. The summed E-state index contributed by atoms with van der Waals surface area (Å²) in [4.78, 5) is 25.0. The van der Waals surface area contributed by atoms with E-state index in [9.17, 15) is 9.59 Å². The van der Waals surface area contributed by atoms with Crippen molar-refractivity contribution >= 4 is 39.7 Å². The number of anilines is 1. The number of benzene rings is 2. The van der Waals surface area contributed by atoms with Crippen molar-refractivity contribution in [3.05, 3.63) is 75.2 Å². The van der Waals surface area contributed by atoms with Crippen LogP contribution in [0.25, 0.3) is 16.6 Å². The minimum Gasteiger partial charge on any atom is -0.322 e. The van der Waals surface area contributed by atoms with E-state index in [4.69, 9.17) is 11.6 Å². The first kappa shape index (κ1) is 16.4. The van der Waals surface area contributed by atoms with Crippen molar-refractivity contribution in [2.75, 3.05) is 5.32 Å². The summed E-state index contributed by atoms with van der Waals surface area (Å²) in [6.07, 6.45) is 1.58. The van der Waals surface area contributed by atoms with Crippen LogP contribution < -0.4 is 10.9 Å². The first-order valence-corrected chi connectivity index (χ1v) is 8.37. The summed E-state index contributed by atoms with van der Waals surface area (Å²) in [5, 5.41) is 7.69. The van der Waals surface area contributed by atoms with Crippen LogP contribution in [0.15, 0.2) is 53.5 Å². The van der Waals surface area contributed by atoms with E-state index >= 15 is 0 Å². The van der Waals surface area contributed by atoms with Crippen LogP contribution in [0.1, 0.15) is 15.9 Å². The van der Waals surface area contributed by atoms with Crippen molar-refractivity contribution in [3.8, 4) is 0 Å². The van der Waals surface area contributed by atoms with Gasteiger partial charge < -0.3 is 9.88 Å². The zero-order valence-electron chi connectivity index (χ0n) is 14.2. The highest BCUT2D eigenvalue weighted by Gasteiger charge is 2.13. The molecule has 0 fully saturated rings. The number of nitrogens with one attached hydrogen (secondary N) is 1. The Hall–Kier alpha value is -3.12. The fourth-order valence-corrected chi connectivity index (χ4v) is 3.09. The van der Waals surface area contributed by atoms with Gasteiger partial charge in [0.25, 0.3) is 11.5 Å². The minimum atomic E-state index is -0.262. The summed E-state index contributed by atoms with van der Waals surface area (Å²) in [6.45, 7) is 1.87. The Balaban J connectivity index is 1.78. The van der Waals surface area contributed by atoms with Gasteiger partial charge in [-0.2, -0.15) is 5.10 Å². The SMILES string of the molecule is Cc1cc(NC(=O)c2ccc3c(c2)n(C)c(=O)c2ccnn23)ccc1Cl. The number of hydrogen-bond acceptors (Lipinski definition) is 3. The van der Waals surface area contributed by atoms with Crippen LogP contribution in [-0.2, 0) is 7.05 Å². The minimum absolute atomic E-state index is 0.166. The molecule has 0 saturated heterocycles. The van der Waals surface area contributed by atoms with Crippen LogP contribution >= 0.6 is 11.6 Å². The van der Waals surface area contributed by atoms with E-state index < -0.39 is 0 Å². The molecule has 0 radical (unpaired) electrons. The summed E-state index contributed by atoms with van der Waals surface area (Å²) >= 11 is 6.02. The van der Waals surface area contributed by atoms with Crippen molar-refractivity contribution in [1.29, 1.82) is 0 Å². The third kappa shape index (κ3) is 2.55. The van der Waals surface area contributed by atoms with Gasteiger partial charge in [-0.15, -0.1) is 0 Å². The molecule has 0 unspecified atom stereocenters. The highest BCUT2D eigenvalue weighted by Crippen LogP contribution is 2.21. The molecule has 0 spiro atoms. The molecule has 0 aliphatic rings. The van der Waals surface area contributed by atoms with Gasteiger partial charge in [0.2, 0.25) is 0 Å². The molecule has 0 atom stereocenters. The Morgan fingerprint density at radius 3 is 2.65 bits per heavy atom. The standard InChI is InChI=1S/C19H15ClN4O2/c1-11-9-13(4-5-14(11)20)22-18(25)12-3-6-15-17(10-12)23(2)19(26)16-7-8-21-24(15)16/h3-10H,1-2H3,(H,22,25). The van der Waals surface area contributed by atoms with Crippen molar-refractivity contribution in [1.82, 2.24) is 14.2 Å². The maximum absolute atomic E-state index is 12.6. The van der Waals surface area contributed by atoms with Crippen LogP contribution in [-0.4, -0.2) is 20.1 Å². The van der Waals surface area contributed by atoms with Crippen LogP contribution in [0.3, 0.4) is 0 Å². The quantitative estimate of drug-likeness (QED) is 0.591. The second kappa shape index (κ2) is 6.00. The van der Waals surface area contributed by atoms with E-state index in [0.29, 0.717) is 27.3 Å². The second-order valence-corrected chi connectivity index (χ2v) is 6.52. The predicted molar refractivity (Wildman–Crippen MR) is 102 cm³/mol. The molecule has 7 heteroatoms. The number of fused-ring (bicyclic) bond motifs is 3. The fourth-order valence-electron chi connectivity index (χ4n) is 2.98. The molecule has 2 heterocycles. The first-order chi connectivity index (χ1) is 12.5. The van der Waals surface area contributed by atoms with Gasteiger partial charge in [-0.05, 0) is 55.0 Å². The molecule has 130 valence electrons. The molecule has 2 aromatic carbocycles. The Morgan fingerprint density at radius 1 is 1.08 bits per heavy atom. The normalized spacial score (nSPS) is 11.2. The van der Waals surface area contributed by atoms with Crippen LogP contribution in [0, 0.1) is 6.92 Å². The lowest BCUT2D eigenvalue weighted by Crippen LogP contribution is -2.20. The number of carbonyl (C=O) groups excluding carboxylic acids is 1. The van der Waals surface area contributed by atoms with E-state index in [-0.39, 0.29) is 11.5 Å². The van der Waals surface area contributed by atoms with Gasteiger partial charge in [0, 0.05) is 23.3 Å². The molecule has 6 nitrogen and oxygen atoms in total. The van der Waals surface area contributed by atoms with Gasteiger partial charge in [0.1, 0.15) is 5.52 Å². The molecule has 0 bridgehead atoms. The largest absolute Gasteiger partial charge is 0.322 e. The number of carbonyl (C=O) groups is 1. The van der Waals surface area contributed by atoms with Gasteiger partial charge in [-0.3, -0.25) is 9.59 Å². The molecule has 0 aliphatic heterocycles. The molecule has 4 rings (SSSR count). The highest BCUT2D eigenvalue weighted by atomic mass is 35.5. The zero-order chi connectivity index (χ0) is 18.4. The van der Waals surface area contributed by atoms with Gasteiger partial charge in [0.05, 0.1) is 17.2 Å². The summed E-state index contributed by atoms with van der Waals surface area (Å²) < 4.78 is 3.11. The van der Waals surface area contributed by atoms with E-state index in [1.165, 1.54) is 4.57 Å². The number of nitrogens with zero attached hydrogens (tertiary/aromatic N) is 3. The summed E-state index contributed by atoms with van der Waals surface area (Å²) in [5.41, 5.74) is 3.71. The smallest absolute Gasteiger partial charge is 0.276 e. The molecule has 1 N–H and O–H groups in total. The molecule has 0 saturated carbocycles. The third-order valence-corrected chi connectivity index (χ3v) is 4.83. The van der Waals surface area contributed by atoms with Crippen molar-refractivity contribution < 1.29 is 4.79 Å². The molecule has 2 aromatic heterocycles. The van der Waals surface area contributed by atoms with Gasteiger partial charge >= 0.3 is 0 Å². The maximum Gasteiger partial charge on any atom is 0.276 e. The van der Waals surface area contributed by atoms with Crippen molar-refractivity contribution in [3.63, 3.8) is 0 Å². The maximum atomic E-state index is 12.6. The molecular formula is C19H15ClN4O2. The zero-order valence-corrected chi connectivity index (χ0v) is 14.9. The number of rotatable bonds is 2. The lowest BCUT2D eigenvalue weighted by Gasteiger charge is -2.10. The number of amides is 1. The van der Waals surface area contributed by atoms with E-state index in [2.05, 4.69) is 10.4 Å². The lowest BCUT2D eigenvalue weighted by atomic mass is 10.1. The molecule has 26 heavy (non-hydrogen) atoms.